The molecule has 0 saturated heterocycles. The molecule has 112 valence electrons. The Hall–Kier alpha value is -1.64. The first-order valence-corrected chi connectivity index (χ1v) is 7.45. The summed E-state index contributed by atoms with van der Waals surface area (Å²) >= 11 is 0. The van der Waals surface area contributed by atoms with Gasteiger partial charge in [-0.2, -0.15) is 0 Å². The van der Waals surface area contributed by atoms with Crippen LogP contribution in [0.3, 0.4) is 0 Å². The summed E-state index contributed by atoms with van der Waals surface area (Å²) in [6.07, 6.45) is 0.439. The summed E-state index contributed by atoms with van der Waals surface area (Å²) in [4.78, 5) is 11.2. The lowest BCUT2D eigenvalue weighted by Crippen LogP contribution is -2.37. The quantitative estimate of drug-likeness (QED) is 0.647. The Kier molecular flexibility index (Phi) is 5.49. The number of aliphatic hydroxyl groups excluding tert-OH is 1. The zero-order chi connectivity index (χ0) is 15.3. The Balaban J connectivity index is 3.19. The van der Waals surface area contributed by atoms with E-state index in [-0.39, 0.29) is 22.8 Å². The second-order valence-corrected chi connectivity index (χ2v) is 5.85. The third-order valence-corrected chi connectivity index (χ3v) is 4.30. The van der Waals surface area contributed by atoms with Crippen molar-refractivity contribution < 1.29 is 23.1 Å². The predicted molar refractivity (Wildman–Crippen MR) is 73.0 cm³/mol. The van der Waals surface area contributed by atoms with Crippen LogP contribution in [0.15, 0.2) is 23.1 Å². The lowest BCUT2D eigenvalue weighted by molar-refractivity contribution is 0.0997. The van der Waals surface area contributed by atoms with Crippen LogP contribution >= 0.6 is 0 Å². The molecule has 0 heterocycles. The molecule has 0 aromatic heterocycles. The Morgan fingerprint density at radius 1 is 1.50 bits per heavy atom. The number of nitrogens with one attached hydrogen (secondary N) is 1. The zero-order valence-corrected chi connectivity index (χ0v) is 12.1. The molecule has 4 N–H and O–H groups in total. The molecule has 1 amide bonds. The monoisotopic (exact) mass is 302 g/mol. The fourth-order valence-corrected chi connectivity index (χ4v) is 2.92. The largest absolute Gasteiger partial charge is 0.496 e. The minimum absolute atomic E-state index is 0.0209. The highest BCUT2D eigenvalue weighted by atomic mass is 32.2. The first-order chi connectivity index (χ1) is 9.35. The van der Waals surface area contributed by atoms with Gasteiger partial charge in [-0.25, -0.2) is 13.1 Å². The standard InChI is InChI=1S/C12H18N2O5S/c1-3-8(7-15)14-20(17,18)9-4-5-11(19-2)10(6-9)12(13)16/h4-6,8,14-15H,3,7H2,1-2H3,(H2,13,16). The Morgan fingerprint density at radius 2 is 2.15 bits per heavy atom. The van der Waals surface area contributed by atoms with Gasteiger partial charge in [-0.3, -0.25) is 4.79 Å². The van der Waals surface area contributed by atoms with E-state index in [4.69, 9.17) is 15.6 Å². The van der Waals surface area contributed by atoms with Crippen molar-refractivity contribution in [2.75, 3.05) is 13.7 Å². The Morgan fingerprint density at radius 3 is 2.60 bits per heavy atom. The van der Waals surface area contributed by atoms with Crippen molar-refractivity contribution in [3.63, 3.8) is 0 Å². The van der Waals surface area contributed by atoms with Crippen LogP contribution in [0.5, 0.6) is 5.75 Å². The van der Waals surface area contributed by atoms with Crippen LogP contribution in [0.25, 0.3) is 0 Å². The normalized spacial score (nSPS) is 12.9. The van der Waals surface area contributed by atoms with Gasteiger partial charge in [-0.15, -0.1) is 0 Å². The molecule has 1 aromatic rings. The number of sulfonamides is 1. The Bertz CT molecular complexity index is 582. The van der Waals surface area contributed by atoms with E-state index in [0.717, 1.165) is 6.07 Å². The first kappa shape index (κ1) is 16.4. The van der Waals surface area contributed by atoms with E-state index in [1.165, 1.54) is 19.2 Å². The van der Waals surface area contributed by atoms with Crippen LogP contribution in [0.2, 0.25) is 0 Å². The van der Waals surface area contributed by atoms with E-state index in [1.54, 1.807) is 6.92 Å². The highest BCUT2D eigenvalue weighted by molar-refractivity contribution is 7.89. The van der Waals surface area contributed by atoms with Crippen LogP contribution in [-0.4, -0.2) is 39.2 Å². The van der Waals surface area contributed by atoms with Crippen LogP contribution in [0.1, 0.15) is 23.7 Å². The summed E-state index contributed by atoms with van der Waals surface area (Å²) in [6.45, 7) is 1.43. The van der Waals surface area contributed by atoms with E-state index >= 15 is 0 Å². The second kappa shape index (κ2) is 6.69. The van der Waals surface area contributed by atoms with E-state index < -0.39 is 22.0 Å². The Labute approximate surface area is 117 Å². The number of benzene rings is 1. The van der Waals surface area contributed by atoms with E-state index in [1.807, 2.05) is 0 Å². The number of nitrogens with two attached hydrogens (primary N) is 1. The fraction of sp³-hybridized carbons (Fsp3) is 0.417. The van der Waals surface area contributed by atoms with E-state index in [0.29, 0.717) is 6.42 Å². The molecule has 0 aliphatic rings. The molecule has 0 bridgehead atoms. The van der Waals surface area contributed by atoms with Crippen LogP contribution in [0, 0.1) is 0 Å². The smallest absolute Gasteiger partial charge is 0.252 e. The summed E-state index contributed by atoms with van der Waals surface area (Å²) in [5.74, 6) is -0.584. The molecule has 8 heteroatoms. The average molecular weight is 302 g/mol. The lowest BCUT2D eigenvalue weighted by Gasteiger charge is -2.15. The van der Waals surface area contributed by atoms with Gasteiger partial charge in [0.2, 0.25) is 10.0 Å². The predicted octanol–water partition coefficient (Wildman–Crippen LogP) is -0.157. The number of carbonyl (C=O) groups is 1. The maximum atomic E-state index is 12.1. The van der Waals surface area contributed by atoms with Gasteiger partial charge in [0.15, 0.2) is 0 Å². The molecule has 1 unspecified atom stereocenters. The number of hydrogen-bond donors (Lipinski definition) is 3. The molecule has 7 nitrogen and oxygen atoms in total. The molecule has 0 radical (unpaired) electrons. The molecule has 0 spiro atoms. The topological polar surface area (TPSA) is 119 Å². The van der Waals surface area contributed by atoms with Crippen molar-refractivity contribution in [3.05, 3.63) is 23.8 Å². The molecule has 1 rings (SSSR count). The van der Waals surface area contributed by atoms with Crippen molar-refractivity contribution in [1.29, 1.82) is 0 Å². The molecule has 1 atom stereocenters. The number of aliphatic hydroxyl groups is 1. The highest BCUT2D eigenvalue weighted by Crippen LogP contribution is 2.22. The average Bonchev–Trinajstić information content (AvgIpc) is 2.43. The van der Waals surface area contributed by atoms with Crippen molar-refractivity contribution in [2.24, 2.45) is 5.73 Å². The lowest BCUT2D eigenvalue weighted by atomic mass is 10.2. The highest BCUT2D eigenvalue weighted by Gasteiger charge is 2.21. The number of hydrogen-bond acceptors (Lipinski definition) is 5. The maximum Gasteiger partial charge on any atom is 0.252 e. The van der Waals surface area contributed by atoms with Crippen LogP contribution in [0.4, 0.5) is 0 Å². The van der Waals surface area contributed by atoms with Gasteiger partial charge in [0.1, 0.15) is 5.75 Å². The number of ether oxygens (including phenoxy) is 1. The van der Waals surface area contributed by atoms with Crippen molar-refractivity contribution in [1.82, 2.24) is 4.72 Å². The van der Waals surface area contributed by atoms with Crippen molar-refractivity contribution in [2.45, 2.75) is 24.3 Å². The SMILES string of the molecule is CCC(CO)NS(=O)(=O)c1ccc(OC)c(C(N)=O)c1. The maximum absolute atomic E-state index is 12.1. The van der Waals surface area contributed by atoms with Crippen LogP contribution in [-0.2, 0) is 10.0 Å². The first-order valence-electron chi connectivity index (χ1n) is 5.96. The van der Waals surface area contributed by atoms with Gasteiger partial charge in [0.05, 0.1) is 24.2 Å². The second-order valence-electron chi connectivity index (χ2n) is 4.14. The third-order valence-electron chi connectivity index (χ3n) is 2.78. The molecule has 1 aromatic carbocycles. The zero-order valence-electron chi connectivity index (χ0n) is 11.3. The van der Waals surface area contributed by atoms with Crippen LogP contribution < -0.4 is 15.2 Å². The van der Waals surface area contributed by atoms with Crippen molar-refractivity contribution >= 4 is 15.9 Å². The van der Waals surface area contributed by atoms with Crippen molar-refractivity contribution in [3.8, 4) is 5.75 Å². The number of methoxy groups -OCH3 is 1. The summed E-state index contributed by atoms with van der Waals surface area (Å²) in [5, 5.41) is 9.04. The number of amides is 1. The minimum atomic E-state index is -3.84. The summed E-state index contributed by atoms with van der Waals surface area (Å²) in [6, 6.07) is 3.22. The number of carbonyl (C=O) groups excluding carboxylic acids is 1. The molecule has 0 aliphatic carbocycles. The van der Waals surface area contributed by atoms with E-state index in [9.17, 15) is 13.2 Å². The van der Waals surface area contributed by atoms with Gasteiger partial charge in [-0.05, 0) is 24.6 Å². The summed E-state index contributed by atoms with van der Waals surface area (Å²) < 4.78 is 31.5. The van der Waals surface area contributed by atoms with Gasteiger partial charge < -0.3 is 15.6 Å². The van der Waals surface area contributed by atoms with Gasteiger partial charge in [0.25, 0.3) is 5.91 Å². The summed E-state index contributed by atoms with van der Waals surface area (Å²) in [7, 11) is -2.48. The number of primary amides is 1. The molecule has 0 saturated carbocycles. The number of rotatable bonds is 7. The van der Waals surface area contributed by atoms with Gasteiger partial charge >= 0.3 is 0 Å². The molecular formula is C12H18N2O5S. The summed E-state index contributed by atoms with van der Waals surface area (Å²) in [5.41, 5.74) is 5.16. The third kappa shape index (κ3) is 3.69. The molecule has 0 fully saturated rings. The van der Waals surface area contributed by atoms with E-state index in [2.05, 4.69) is 4.72 Å². The van der Waals surface area contributed by atoms with Gasteiger partial charge in [-0.1, -0.05) is 6.92 Å². The molecule has 0 aliphatic heterocycles. The minimum Gasteiger partial charge on any atom is -0.496 e. The van der Waals surface area contributed by atoms with Gasteiger partial charge in [0, 0.05) is 6.04 Å². The fourth-order valence-electron chi connectivity index (χ4n) is 1.58. The molecule has 20 heavy (non-hydrogen) atoms. The molecular weight excluding hydrogens is 284 g/mol.